The largest absolute Gasteiger partial charge is 0.308 e. The lowest BCUT2D eigenvalue weighted by atomic mass is 10.2. The van der Waals surface area contributed by atoms with Crippen molar-refractivity contribution in [3.8, 4) is 0 Å². The summed E-state index contributed by atoms with van der Waals surface area (Å²) in [5, 5.41) is 7.76. The van der Waals surface area contributed by atoms with Gasteiger partial charge in [-0.05, 0) is 13.0 Å². The van der Waals surface area contributed by atoms with Crippen molar-refractivity contribution in [2.24, 2.45) is 7.05 Å². The van der Waals surface area contributed by atoms with E-state index in [1.165, 1.54) is 30.3 Å². The monoisotopic (exact) mass is 254 g/mol. The van der Waals surface area contributed by atoms with E-state index in [0.717, 1.165) is 13.1 Å². The van der Waals surface area contributed by atoms with Gasteiger partial charge < -0.3 is 10.2 Å². The van der Waals surface area contributed by atoms with E-state index < -0.39 is 0 Å². The molecule has 0 amide bonds. The summed E-state index contributed by atoms with van der Waals surface area (Å²) in [6, 6.07) is 2.46. The normalized spacial score (nSPS) is 19.4. The minimum Gasteiger partial charge on any atom is -0.308 e. The number of nitrogens with zero attached hydrogens (tertiary/aromatic N) is 3. The maximum atomic E-state index is 4.20. The minimum atomic E-state index is 0.377. The van der Waals surface area contributed by atoms with E-state index in [4.69, 9.17) is 0 Å². The highest BCUT2D eigenvalue weighted by Gasteiger charge is 2.11. The molecule has 0 aromatic carbocycles. The Balaban J connectivity index is 1.69. The van der Waals surface area contributed by atoms with E-state index >= 15 is 0 Å². The summed E-state index contributed by atoms with van der Waals surface area (Å²) >= 11 is 2.06. The second-order valence-electron chi connectivity index (χ2n) is 4.51. The maximum Gasteiger partial charge on any atom is 0.0547 e. The predicted molar refractivity (Wildman–Crippen MR) is 73.4 cm³/mol. The van der Waals surface area contributed by atoms with Crippen LogP contribution in [0.15, 0.2) is 12.3 Å². The van der Waals surface area contributed by atoms with E-state index in [0.29, 0.717) is 6.04 Å². The minimum absolute atomic E-state index is 0.377. The summed E-state index contributed by atoms with van der Waals surface area (Å²) < 4.78 is 1.94. The topological polar surface area (TPSA) is 33.1 Å². The van der Waals surface area contributed by atoms with Crippen LogP contribution in [0.25, 0.3) is 0 Å². The van der Waals surface area contributed by atoms with Crippen molar-refractivity contribution in [2.45, 2.75) is 13.0 Å². The molecule has 1 fully saturated rings. The Morgan fingerprint density at radius 3 is 2.88 bits per heavy atom. The van der Waals surface area contributed by atoms with Gasteiger partial charge in [0.05, 0.1) is 5.69 Å². The fourth-order valence-electron chi connectivity index (χ4n) is 2.18. The highest BCUT2D eigenvalue weighted by Crippen LogP contribution is 2.10. The molecule has 5 heteroatoms. The van der Waals surface area contributed by atoms with Gasteiger partial charge in [0.15, 0.2) is 0 Å². The molecule has 4 nitrogen and oxygen atoms in total. The summed E-state index contributed by atoms with van der Waals surface area (Å²) in [4.78, 5) is 2.54. The number of rotatable bonds is 5. The van der Waals surface area contributed by atoms with Gasteiger partial charge in [0.1, 0.15) is 0 Å². The van der Waals surface area contributed by atoms with E-state index in [2.05, 4.69) is 40.1 Å². The Morgan fingerprint density at radius 2 is 2.24 bits per heavy atom. The third kappa shape index (κ3) is 3.72. The van der Waals surface area contributed by atoms with Crippen molar-refractivity contribution in [1.82, 2.24) is 20.0 Å². The van der Waals surface area contributed by atoms with Crippen molar-refractivity contribution >= 4 is 11.8 Å². The first-order valence-corrected chi connectivity index (χ1v) is 7.44. The molecule has 2 heterocycles. The molecule has 17 heavy (non-hydrogen) atoms. The lowest BCUT2D eigenvalue weighted by molar-refractivity contribution is 0.296. The van der Waals surface area contributed by atoms with Crippen molar-refractivity contribution < 1.29 is 0 Å². The molecule has 1 unspecified atom stereocenters. The maximum absolute atomic E-state index is 4.20. The lowest BCUT2D eigenvalue weighted by Gasteiger charge is -2.26. The van der Waals surface area contributed by atoms with Crippen LogP contribution in [0.5, 0.6) is 0 Å². The van der Waals surface area contributed by atoms with Gasteiger partial charge >= 0.3 is 0 Å². The van der Waals surface area contributed by atoms with E-state index in [-0.39, 0.29) is 0 Å². The molecule has 0 saturated carbocycles. The summed E-state index contributed by atoms with van der Waals surface area (Å²) in [5.41, 5.74) is 1.25. The highest BCUT2D eigenvalue weighted by molar-refractivity contribution is 7.99. The molecular weight excluding hydrogens is 232 g/mol. The van der Waals surface area contributed by atoms with E-state index in [9.17, 15) is 0 Å². The van der Waals surface area contributed by atoms with Crippen LogP contribution in [0.4, 0.5) is 0 Å². The molecule has 1 aromatic rings. The van der Waals surface area contributed by atoms with Crippen molar-refractivity contribution in [3.63, 3.8) is 0 Å². The van der Waals surface area contributed by atoms with Crippen molar-refractivity contribution in [3.05, 3.63) is 18.0 Å². The van der Waals surface area contributed by atoms with Crippen LogP contribution < -0.4 is 5.32 Å². The Labute approximate surface area is 108 Å². The van der Waals surface area contributed by atoms with Crippen LogP contribution in [0.3, 0.4) is 0 Å². The summed E-state index contributed by atoms with van der Waals surface area (Å²) in [6.45, 7) is 6.89. The molecular formula is C12H22N4S. The Hall–Kier alpha value is -0.520. The van der Waals surface area contributed by atoms with Gasteiger partial charge in [-0.15, -0.1) is 0 Å². The quantitative estimate of drug-likeness (QED) is 0.853. The Bertz CT molecular complexity index is 333. The average Bonchev–Trinajstić information content (AvgIpc) is 2.77. The van der Waals surface area contributed by atoms with Gasteiger partial charge in [-0.1, -0.05) is 0 Å². The van der Waals surface area contributed by atoms with Gasteiger partial charge in [-0.3, -0.25) is 4.68 Å². The molecule has 1 aliphatic heterocycles. The number of hydrogen-bond acceptors (Lipinski definition) is 4. The molecule has 0 radical (unpaired) electrons. The second kappa shape index (κ2) is 6.42. The van der Waals surface area contributed by atoms with Gasteiger partial charge in [0.2, 0.25) is 0 Å². The van der Waals surface area contributed by atoms with Crippen LogP contribution in [0.2, 0.25) is 0 Å². The van der Waals surface area contributed by atoms with Crippen LogP contribution in [0.1, 0.15) is 18.7 Å². The molecule has 1 atom stereocenters. The molecule has 0 bridgehead atoms. The molecule has 1 aromatic heterocycles. The number of nitrogens with one attached hydrogen (secondary N) is 1. The molecule has 1 N–H and O–H groups in total. The highest BCUT2D eigenvalue weighted by atomic mass is 32.2. The number of hydrogen-bond donors (Lipinski definition) is 1. The van der Waals surface area contributed by atoms with Crippen LogP contribution in [-0.4, -0.2) is 52.4 Å². The summed E-state index contributed by atoms with van der Waals surface area (Å²) in [7, 11) is 2.00. The standard InChI is InChI=1S/C12H22N4S/c1-11(12-3-4-14-15(12)2)13-5-6-16-7-9-17-10-8-16/h3-4,11,13H,5-10H2,1-2H3. The van der Waals surface area contributed by atoms with Crippen molar-refractivity contribution in [1.29, 1.82) is 0 Å². The second-order valence-corrected chi connectivity index (χ2v) is 5.73. The number of aryl methyl sites for hydroxylation is 1. The Kier molecular flexibility index (Phi) is 4.88. The summed E-state index contributed by atoms with van der Waals surface area (Å²) in [5.74, 6) is 2.58. The first-order chi connectivity index (χ1) is 8.27. The van der Waals surface area contributed by atoms with Gasteiger partial charge in [-0.2, -0.15) is 16.9 Å². The fourth-order valence-corrected chi connectivity index (χ4v) is 3.16. The molecule has 96 valence electrons. The smallest absolute Gasteiger partial charge is 0.0547 e. The molecule has 0 spiro atoms. The first-order valence-electron chi connectivity index (χ1n) is 6.29. The van der Waals surface area contributed by atoms with E-state index in [1.54, 1.807) is 0 Å². The van der Waals surface area contributed by atoms with Crippen LogP contribution in [-0.2, 0) is 7.05 Å². The third-order valence-corrected chi connectivity index (χ3v) is 4.23. The van der Waals surface area contributed by atoms with Crippen molar-refractivity contribution in [2.75, 3.05) is 37.7 Å². The number of aromatic nitrogens is 2. The zero-order valence-electron chi connectivity index (χ0n) is 10.7. The van der Waals surface area contributed by atoms with Gasteiger partial charge in [0.25, 0.3) is 0 Å². The Morgan fingerprint density at radius 1 is 1.47 bits per heavy atom. The average molecular weight is 254 g/mol. The number of thioether (sulfide) groups is 1. The predicted octanol–water partition coefficient (Wildman–Crippen LogP) is 1.12. The summed E-state index contributed by atoms with van der Waals surface area (Å²) in [6.07, 6.45) is 1.86. The van der Waals surface area contributed by atoms with Gasteiger partial charge in [-0.25, -0.2) is 0 Å². The van der Waals surface area contributed by atoms with Gasteiger partial charge in [0, 0.05) is 57.0 Å². The van der Waals surface area contributed by atoms with Crippen LogP contribution in [0, 0.1) is 0 Å². The van der Waals surface area contributed by atoms with E-state index in [1.807, 2.05) is 17.9 Å². The SMILES string of the molecule is CC(NCCN1CCSCC1)c1ccnn1C. The fraction of sp³-hybridized carbons (Fsp3) is 0.750. The molecule has 1 saturated heterocycles. The zero-order chi connectivity index (χ0) is 12.1. The zero-order valence-corrected chi connectivity index (χ0v) is 11.5. The molecule has 2 rings (SSSR count). The molecule has 1 aliphatic rings. The lowest BCUT2D eigenvalue weighted by Crippen LogP contribution is -2.38. The first kappa shape index (κ1) is 12.9. The third-order valence-electron chi connectivity index (χ3n) is 3.28. The molecule has 0 aliphatic carbocycles. The van der Waals surface area contributed by atoms with Crippen LogP contribution >= 0.6 is 11.8 Å².